The molecule has 0 spiro atoms. The fourth-order valence-corrected chi connectivity index (χ4v) is 2.88. The molecule has 7 heteroatoms. The molecule has 1 aromatic rings. The summed E-state index contributed by atoms with van der Waals surface area (Å²) in [5.74, 6) is -0.298. The van der Waals surface area contributed by atoms with E-state index in [0.717, 1.165) is 11.1 Å². The molecule has 0 radical (unpaired) electrons. The van der Waals surface area contributed by atoms with E-state index in [1.54, 1.807) is 0 Å². The minimum Gasteiger partial charge on any atom is -0.454 e. The van der Waals surface area contributed by atoms with Gasteiger partial charge in [-0.15, -0.1) is 0 Å². The minimum atomic E-state index is -0.577. The second kappa shape index (κ2) is 7.31. The number of nitrogens with one attached hydrogen (secondary N) is 1. The summed E-state index contributed by atoms with van der Waals surface area (Å²) in [6.45, 7) is 3.93. The largest absolute Gasteiger partial charge is 0.454 e. The Kier molecular flexibility index (Phi) is 5.43. The Labute approximate surface area is 133 Å². The molecule has 1 heterocycles. The SMILES string of the molecule is Cc1ccc(NC(=O)COC(=O)CN2CCSC2=O)c(C)c1. The summed E-state index contributed by atoms with van der Waals surface area (Å²) >= 11 is 1.18. The van der Waals surface area contributed by atoms with Crippen molar-refractivity contribution in [2.75, 3.05) is 30.8 Å². The van der Waals surface area contributed by atoms with E-state index in [-0.39, 0.29) is 18.4 Å². The van der Waals surface area contributed by atoms with Gasteiger partial charge < -0.3 is 15.0 Å². The summed E-state index contributed by atoms with van der Waals surface area (Å²) in [4.78, 5) is 36.2. The third-order valence-electron chi connectivity index (χ3n) is 3.19. The van der Waals surface area contributed by atoms with Crippen molar-refractivity contribution >= 4 is 34.6 Å². The van der Waals surface area contributed by atoms with Crippen molar-refractivity contribution in [2.45, 2.75) is 13.8 Å². The predicted molar refractivity (Wildman–Crippen MR) is 84.9 cm³/mol. The molecule has 6 nitrogen and oxygen atoms in total. The first-order valence-corrected chi connectivity index (χ1v) is 7.88. The first-order valence-electron chi connectivity index (χ1n) is 6.90. The van der Waals surface area contributed by atoms with Crippen LogP contribution in [0.1, 0.15) is 11.1 Å². The summed E-state index contributed by atoms with van der Waals surface area (Å²) < 4.78 is 4.90. The van der Waals surface area contributed by atoms with E-state index in [1.807, 2.05) is 32.0 Å². The van der Waals surface area contributed by atoms with Crippen molar-refractivity contribution in [1.82, 2.24) is 4.90 Å². The van der Waals surface area contributed by atoms with Crippen molar-refractivity contribution in [1.29, 1.82) is 0 Å². The van der Waals surface area contributed by atoms with E-state index < -0.39 is 11.9 Å². The van der Waals surface area contributed by atoms with Crippen LogP contribution in [0.5, 0.6) is 0 Å². The highest BCUT2D eigenvalue weighted by Crippen LogP contribution is 2.17. The lowest BCUT2D eigenvalue weighted by atomic mass is 10.1. The van der Waals surface area contributed by atoms with E-state index in [2.05, 4.69) is 5.32 Å². The van der Waals surface area contributed by atoms with Crippen LogP contribution in [0.3, 0.4) is 0 Å². The molecule has 1 aliphatic rings. The fourth-order valence-electron chi connectivity index (χ4n) is 2.06. The molecule has 0 bridgehead atoms. The van der Waals surface area contributed by atoms with Gasteiger partial charge in [0.25, 0.3) is 11.1 Å². The number of benzene rings is 1. The van der Waals surface area contributed by atoms with Crippen LogP contribution in [0, 0.1) is 13.8 Å². The third-order valence-corrected chi connectivity index (χ3v) is 4.08. The number of thioether (sulfide) groups is 1. The van der Waals surface area contributed by atoms with Crippen LogP contribution in [0.4, 0.5) is 10.5 Å². The molecular formula is C15H18N2O4S. The number of ether oxygens (including phenoxy) is 1. The molecule has 1 aliphatic heterocycles. The van der Waals surface area contributed by atoms with Crippen molar-refractivity contribution in [3.8, 4) is 0 Å². The van der Waals surface area contributed by atoms with Gasteiger partial charge in [-0.2, -0.15) is 0 Å². The molecule has 1 N–H and O–H groups in total. The van der Waals surface area contributed by atoms with E-state index in [9.17, 15) is 14.4 Å². The average Bonchev–Trinajstić information content (AvgIpc) is 2.85. The maximum atomic E-state index is 11.8. The Bertz CT molecular complexity index is 603. The smallest absolute Gasteiger partial charge is 0.326 e. The molecule has 1 saturated heterocycles. The molecule has 0 saturated carbocycles. The lowest BCUT2D eigenvalue weighted by Crippen LogP contribution is -2.32. The number of nitrogens with zero attached hydrogens (tertiary/aromatic N) is 1. The minimum absolute atomic E-state index is 0.108. The van der Waals surface area contributed by atoms with Gasteiger partial charge in [0.15, 0.2) is 6.61 Å². The molecule has 0 aromatic heterocycles. The Morgan fingerprint density at radius 1 is 1.36 bits per heavy atom. The number of aryl methyl sites for hydroxylation is 2. The summed E-state index contributed by atoms with van der Waals surface area (Å²) in [5, 5.41) is 2.57. The zero-order valence-electron chi connectivity index (χ0n) is 12.5. The van der Waals surface area contributed by atoms with Gasteiger partial charge in [-0.05, 0) is 25.5 Å². The van der Waals surface area contributed by atoms with Gasteiger partial charge in [0.05, 0.1) is 0 Å². The monoisotopic (exact) mass is 322 g/mol. The van der Waals surface area contributed by atoms with E-state index in [4.69, 9.17) is 4.74 Å². The highest BCUT2D eigenvalue weighted by atomic mass is 32.2. The summed E-state index contributed by atoms with van der Waals surface area (Å²) in [6.07, 6.45) is 0. The van der Waals surface area contributed by atoms with Crippen molar-refractivity contribution in [2.24, 2.45) is 0 Å². The van der Waals surface area contributed by atoms with Crippen LogP contribution in [0.2, 0.25) is 0 Å². The maximum Gasteiger partial charge on any atom is 0.326 e. The number of hydrogen-bond donors (Lipinski definition) is 1. The fraction of sp³-hybridized carbons (Fsp3) is 0.400. The first kappa shape index (κ1) is 16.4. The van der Waals surface area contributed by atoms with Gasteiger partial charge >= 0.3 is 5.97 Å². The van der Waals surface area contributed by atoms with Gasteiger partial charge in [0, 0.05) is 18.0 Å². The lowest BCUT2D eigenvalue weighted by Gasteiger charge is -2.13. The van der Waals surface area contributed by atoms with Crippen LogP contribution in [-0.2, 0) is 14.3 Å². The topological polar surface area (TPSA) is 75.7 Å². The third kappa shape index (κ3) is 4.49. The first-order chi connectivity index (χ1) is 10.5. The number of carbonyl (C=O) groups excluding carboxylic acids is 3. The Balaban J connectivity index is 1.77. The predicted octanol–water partition coefficient (Wildman–Crippen LogP) is 1.95. The van der Waals surface area contributed by atoms with Crippen LogP contribution in [0.15, 0.2) is 18.2 Å². The van der Waals surface area contributed by atoms with E-state index >= 15 is 0 Å². The van der Waals surface area contributed by atoms with Gasteiger partial charge in [0.2, 0.25) is 0 Å². The van der Waals surface area contributed by atoms with Crippen LogP contribution < -0.4 is 5.32 Å². The molecule has 0 atom stereocenters. The molecule has 118 valence electrons. The second-order valence-corrected chi connectivity index (χ2v) is 6.11. The standard InChI is InChI=1S/C15H18N2O4S/c1-10-3-4-12(11(2)7-10)16-13(18)9-21-14(19)8-17-5-6-22-15(17)20/h3-4,7H,5-6,8-9H2,1-2H3,(H,16,18). The van der Waals surface area contributed by atoms with Crippen molar-refractivity contribution in [3.05, 3.63) is 29.3 Å². The zero-order valence-corrected chi connectivity index (χ0v) is 13.4. The normalized spacial score (nSPS) is 14.1. The number of anilines is 1. The highest BCUT2D eigenvalue weighted by Gasteiger charge is 2.24. The maximum absolute atomic E-state index is 11.8. The van der Waals surface area contributed by atoms with Gasteiger partial charge in [0.1, 0.15) is 6.54 Å². The number of esters is 1. The number of rotatable bonds is 5. The number of carbonyl (C=O) groups is 3. The van der Waals surface area contributed by atoms with Crippen molar-refractivity contribution in [3.63, 3.8) is 0 Å². The highest BCUT2D eigenvalue weighted by molar-refractivity contribution is 8.13. The molecule has 1 aromatic carbocycles. The van der Waals surface area contributed by atoms with Crippen LogP contribution >= 0.6 is 11.8 Å². The van der Waals surface area contributed by atoms with Crippen LogP contribution in [0.25, 0.3) is 0 Å². The summed E-state index contributed by atoms with van der Waals surface area (Å²) in [7, 11) is 0. The molecule has 2 amide bonds. The van der Waals surface area contributed by atoms with Gasteiger partial charge in [-0.25, -0.2) is 0 Å². The molecule has 0 aliphatic carbocycles. The lowest BCUT2D eigenvalue weighted by molar-refractivity contribution is -0.147. The number of amides is 2. The average molecular weight is 322 g/mol. The molecule has 0 unspecified atom stereocenters. The zero-order chi connectivity index (χ0) is 16.1. The summed E-state index contributed by atoms with van der Waals surface area (Å²) in [6, 6.07) is 5.66. The van der Waals surface area contributed by atoms with E-state index in [1.165, 1.54) is 16.7 Å². The number of hydrogen-bond acceptors (Lipinski definition) is 5. The molecular weight excluding hydrogens is 304 g/mol. The second-order valence-electron chi connectivity index (χ2n) is 5.06. The van der Waals surface area contributed by atoms with Gasteiger partial charge in [-0.1, -0.05) is 29.5 Å². The molecule has 22 heavy (non-hydrogen) atoms. The quantitative estimate of drug-likeness (QED) is 0.839. The Hall–Kier alpha value is -2.02. The summed E-state index contributed by atoms with van der Waals surface area (Å²) in [5.41, 5.74) is 2.74. The molecule has 2 rings (SSSR count). The van der Waals surface area contributed by atoms with E-state index in [0.29, 0.717) is 18.0 Å². The van der Waals surface area contributed by atoms with Crippen molar-refractivity contribution < 1.29 is 19.1 Å². The van der Waals surface area contributed by atoms with Gasteiger partial charge in [-0.3, -0.25) is 14.4 Å². The van der Waals surface area contributed by atoms with Crippen LogP contribution in [-0.4, -0.2) is 47.5 Å². The Morgan fingerprint density at radius 2 is 2.14 bits per heavy atom. The molecule has 1 fully saturated rings. The Morgan fingerprint density at radius 3 is 2.77 bits per heavy atom.